The van der Waals surface area contributed by atoms with Gasteiger partial charge in [0.2, 0.25) is 5.88 Å². The summed E-state index contributed by atoms with van der Waals surface area (Å²) in [6, 6.07) is -0.923. The first-order valence-electron chi connectivity index (χ1n) is 7.93. The Balaban J connectivity index is 1.77. The van der Waals surface area contributed by atoms with Gasteiger partial charge in [0.15, 0.2) is 10.8 Å². The lowest BCUT2D eigenvalue weighted by atomic mass is 10.1. The average Bonchev–Trinajstić information content (AvgIpc) is 3.00. The third-order valence-corrected chi connectivity index (χ3v) is 5.94. The van der Waals surface area contributed by atoms with Crippen LogP contribution in [0.1, 0.15) is 5.69 Å². The van der Waals surface area contributed by atoms with E-state index in [0.717, 1.165) is 16.2 Å². The molecule has 2 aliphatic rings. The summed E-state index contributed by atoms with van der Waals surface area (Å²) in [6.45, 7) is 3.51. The van der Waals surface area contributed by atoms with Crippen LogP contribution in [-0.4, -0.2) is 62.4 Å². The summed E-state index contributed by atoms with van der Waals surface area (Å²) in [5.74, 6) is -0.968. The number of β-lactam (4-membered cyclic amide) rings is 1. The fourth-order valence-corrected chi connectivity index (χ4v) is 4.62. The number of halogens is 1. The highest BCUT2D eigenvalue weighted by atomic mass is 35.5. The second kappa shape index (κ2) is 8.71. The lowest BCUT2D eigenvalue weighted by Gasteiger charge is -2.47. The molecular formula is C15H14ClN5O6S2. The molecule has 2 aliphatic heterocycles. The van der Waals surface area contributed by atoms with Crippen molar-refractivity contribution < 1.29 is 29.1 Å². The van der Waals surface area contributed by atoms with Crippen LogP contribution in [0.2, 0.25) is 4.34 Å². The molecule has 14 heteroatoms. The second-order valence-corrected chi connectivity index (χ2v) is 8.27. The number of oxime groups is 1. The monoisotopic (exact) mass is 459 g/mol. The summed E-state index contributed by atoms with van der Waals surface area (Å²) >= 11 is 8.35. The number of nitrogens with two attached hydrogens (primary N) is 1. The van der Waals surface area contributed by atoms with Gasteiger partial charge in [0.05, 0.1) is 0 Å². The first-order chi connectivity index (χ1) is 13.8. The fraction of sp³-hybridized carbons (Fsp3) is 0.267. The number of fused-ring (bicyclic) bond motifs is 1. The molecule has 1 saturated heterocycles. The lowest BCUT2D eigenvalue weighted by Crippen LogP contribution is -2.70. The maximum Gasteiger partial charge on any atom is 0.512 e. The van der Waals surface area contributed by atoms with Crippen molar-refractivity contribution in [3.63, 3.8) is 0 Å². The molecule has 1 unspecified atom stereocenters. The largest absolute Gasteiger partial charge is 0.512 e. The van der Waals surface area contributed by atoms with Gasteiger partial charge < -0.3 is 25.7 Å². The molecular weight excluding hydrogens is 446 g/mol. The maximum absolute atomic E-state index is 12.8. The van der Waals surface area contributed by atoms with E-state index in [4.69, 9.17) is 27.3 Å². The summed E-state index contributed by atoms with van der Waals surface area (Å²) in [4.78, 5) is 46.1. The summed E-state index contributed by atoms with van der Waals surface area (Å²) in [7, 11) is 0. The van der Waals surface area contributed by atoms with Crippen molar-refractivity contribution in [2.24, 2.45) is 5.16 Å². The third-order valence-electron chi connectivity index (χ3n) is 3.67. The smallest absolute Gasteiger partial charge is 0.449 e. The SMILES string of the molecule is C=CCON=C(C(=O)NC1C(=O)N2C(OC(=O)O)=CCS[C@@H]12)c1nc(N)sc1Cl. The van der Waals surface area contributed by atoms with Crippen molar-refractivity contribution >= 4 is 63.5 Å². The predicted molar refractivity (Wildman–Crippen MR) is 106 cm³/mol. The van der Waals surface area contributed by atoms with Crippen molar-refractivity contribution in [2.75, 3.05) is 18.1 Å². The zero-order valence-electron chi connectivity index (χ0n) is 14.5. The van der Waals surface area contributed by atoms with Gasteiger partial charge in [-0.2, -0.15) is 0 Å². The van der Waals surface area contributed by atoms with Crippen LogP contribution >= 0.6 is 34.7 Å². The third kappa shape index (κ3) is 4.31. The number of nitrogen functional groups attached to an aromatic ring is 1. The minimum Gasteiger partial charge on any atom is -0.449 e. The normalized spacial score (nSPS) is 20.9. The van der Waals surface area contributed by atoms with Crippen molar-refractivity contribution in [2.45, 2.75) is 11.4 Å². The van der Waals surface area contributed by atoms with Crippen LogP contribution in [0, 0.1) is 0 Å². The Morgan fingerprint density at radius 2 is 2.34 bits per heavy atom. The zero-order chi connectivity index (χ0) is 21.1. The molecule has 2 amide bonds. The van der Waals surface area contributed by atoms with Gasteiger partial charge in [0.1, 0.15) is 28.1 Å². The van der Waals surface area contributed by atoms with Gasteiger partial charge in [-0.15, -0.1) is 11.8 Å². The standard InChI is InChI=1S/C15H14ClN5O6S2/c1-2-4-26-20-8(7-10(16)29-14(17)19-7)11(22)18-9-12(23)21-6(27-15(24)25)3-5-28-13(9)21/h2-3,9,13H,1,4-5H2,(H2,17,19)(H,18,22)(H,24,25)/t9?,13-/m0/s1. The molecule has 0 aliphatic carbocycles. The first-order valence-corrected chi connectivity index (χ1v) is 10.2. The first kappa shape index (κ1) is 21.0. The summed E-state index contributed by atoms with van der Waals surface area (Å²) in [5, 5.41) is 14.7. The number of aromatic nitrogens is 1. The molecule has 154 valence electrons. The lowest BCUT2D eigenvalue weighted by molar-refractivity contribution is -0.148. The highest BCUT2D eigenvalue weighted by Crippen LogP contribution is 2.38. The minimum atomic E-state index is -1.54. The Hall–Kier alpha value is -2.77. The van der Waals surface area contributed by atoms with E-state index in [2.05, 4.69) is 26.8 Å². The van der Waals surface area contributed by atoms with E-state index in [-0.39, 0.29) is 33.4 Å². The number of thioether (sulfide) groups is 1. The summed E-state index contributed by atoms with van der Waals surface area (Å²) in [5.41, 5.74) is 5.39. The van der Waals surface area contributed by atoms with Crippen LogP contribution in [0.15, 0.2) is 29.8 Å². The van der Waals surface area contributed by atoms with Crippen LogP contribution < -0.4 is 11.1 Å². The summed E-state index contributed by atoms with van der Waals surface area (Å²) < 4.78 is 4.75. The second-order valence-electron chi connectivity index (χ2n) is 5.49. The molecule has 4 N–H and O–H groups in total. The van der Waals surface area contributed by atoms with Gasteiger partial charge in [0, 0.05) is 5.75 Å². The van der Waals surface area contributed by atoms with Gasteiger partial charge in [-0.25, -0.2) is 9.78 Å². The van der Waals surface area contributed by atoms with Gasteiger partial charge in [-0.05, 0) is 6.08 Å². The molecule has 0 aromatic carbocycles. The molecule has 29 heavy (non-hydrogen) atoms. The number of nitrogens with zero attached hydrogens (tertiary/aromatic N) is 3. The number of hydrogen-bond donors (Lipinski definition) is 3. The molecule has 1 aromatic heterocycles. The van der Waals surface area contributed by atoms with E-state index in [1.165, 1.54) is 23.9 Å². The van der Waals surface area contributed by atoms with Crippen LogP contribution in [0.5, 0.6) is 0 Å². The van der Waals surface area contributed by atoms with Crippen LogP contribution in [0.3, 0.4) is 0 Å². The molecule has 0 bridgehead atoms. The number of carbonyl (C=O) groups excluding carboxylic acids is 2. The number of carbonyl (C=O) groups is 3. The van der Waals surface area contributed by atoms with Gasteiger partial charge >= 0.3 is 6.16 Å². The Bertz CT molecular complexity index is 932. The number of nitrogens with one attached hydrogen (secondary N) is 1. The molecule has 0 spiro atoms. The van der Waals surface area contributed by atoms with E-state index >= 15 is 0 Å². The number of anilines is 1. The Morgan fingerprint density at radius 3 is 2.97 bits per heavy atom. The van der Waals surface area contributed by atoms with Crippen LogP contribution in [0.25, 0.3) is 0 Å². The van der Waals surface area contributed by atoms with E-state index in [1.54, 1.807) is 0 Å². The fourth-order valence-electron chi connectivity index (χ4n) is 2.52. The number of rotatable bonds is 7. The molecule has 0 radical (unpaired) electrons. The number of hydrogen-bond acceptors (Lipinski definition) is 10. The Labute approximate surface area is 177 Å². The Kier molecular flexibility index (Phi) is 6.30. The number of carboxylic acid groups (broad SMARTS) is 1. The van der Waals surface area contributed by atoms with Crippen LogP contribution in [-0.2, 0) is 19.2 Å². The highest BCUT2D eigenvalue weighted by Gasteiger charge is 2.53. The summed E-state index contributed by atoms with van der Waals surface area (Å²) in [6.07, 6.45) is 1.36. The van der Waals surface area contributed by atoms with E-state index < -0.39 is 29.4 Å². The molecule has 11 nitrogen and oxygen atoms in total. The molecule has 0 saturated carbocycles. The predicted octanol–water partition coefficient (Wildman–Crippen LogP) is 1.22. The number of amides is 2. The van der Waals surface area contributed by atoms with Crippen LogP contribution in [0.4, 0.5) is 9.93 Å². The average molecular weight is 460 g/mol. The van der Waals surface area contributed by atoms with Crippen molar-refractivity contribution in [3.8, 4) is 0 Å². The number of thiazole rings is 1. The van der Waals surface area contributed by atoms with Crippen molar-refractivity contribution in [3.05, 3.63) is 34.6 Å². The van der Waals surface area contributed by atoms with E-state index in [1.807, 2.05) is 0 Å². The molecule has 3 heterocycles. The molecule has 1 aromatic rings. The maximum atomic E-state index is 12.8. The van der Waals surface area contributed by atoms with E-state index in [9.17, 15) is 14.4 Å². The quantitative estimate of drug-likeness (QED) is 0.136. The molecule has 3 rings (SSSR count). The highest BCUT2D eigenvalue weighted by molar-refractivity contribution is 8.00. The topological polar surface area (TPSA) is 156 Å². The van der Waals surface area contributed by atoms with E-state index in [0.29, 0.717) is 5.75 Å². The Morgan fingerprint density at radius 1 is 1.59 bits per heavy atom. The minimum absolute atomic E-state index is 0.0189. The van der Waals surface area contributed by atoms with Crippen molar-refractivity contribution in [1.29, 1.82) is 0 Å². The molecule has 1 fully saturated rings. The van der Waals surface area contributed by atoms with Gasteiger partial charge in [-0.3, -0.25) is 14.5 Å². The van der Waals surface area contributed by atoms with Gasteiger partial charge in [0.25, 0.3) is 11.8 Å². The number of ether oxygens (including phenoxy) is 1. The zero-order valence-corrected chi connectivity index (χ0v) is 16.9. The molecule has 2 atom stereocenters. The van der Waals surface area contributed by atoms with Gasteiger partial charge in [-0.1, -0.05) is 40.7 Å². The van der Waals surface area contributed by atoms with Crippen molar-refractivity contribution in [1.82, 2.24) is 15.2 Å².